The molecule has 0 N–H and O–H groups in total. The van der Waals surface area contributed by atoms with Crippen LogP contribution in [0.25, 0.3) is 0 Å². The van der Waals surface area contributed by atoms with Crippen molar-refractivity contribution in [2.75, 3.05) is 0 Å². The van der Waals surface area contributed by atoms with Gasteiger partial charge in [-0.1, -0.05) is 24.3 Å². The Hall–Kier alpha value is -5.50. The molecule has 1 aromatic carbocycles. The number of allylic oxidation sites excluding steroid dienone is 16. The van der Waals surface area contributed by atoms with Crippen LogP contribution < -0.4 is 0 Å². The van der Waals surface area contributed by atoms with Gasteiger partial charge in [-0.3, -0.25) is 38.4 Å². The zero-order valence-electron chi connectivity index (χ0n) is 21.3. The molecule has 2 atom stereocenters. The van der Waals surface area contributed by atoms with E-state index in [1.165, 1.54) is 12.2 Å². The van der Waals surface area contributed by atoms with E-state index in [9.17, 15) is 38.4 Å². The van der Waals surface area contributed by atoms with Crippen LogP contribution in [0.1, 0.15) is 23.0 Å². The molecule has 0 aliphatic heterocycles. The fourth-order valence-electron chi connectivity index (χ4n) is 8.31. The maximum absolute atomic E-state index is 14.7. The second-order valence-electron chi connectivity index (χ2n) is 11.3. The van der Waals surface area contributed by atoms with Crippen LogP contribution in [0.15, 0.2) is 116 Å². The summed E-state index contributed by atoms with van der Waals surface area (Å²) in [7, 11) is 0. The summed E-state index contributed by atoms with van der Waals surface area (Å²) in [4.78, 5) is 109. The number of rotatable bonds is 0. The minimum Gasteiger partial charge on any atom is -0.290 e. The summed E-state index contributed by atoms with van der Waals surface area (Å²) < 4.78 is 0. The number of carbonyl (C=O) groups excluding carboxylic acids is 8. The molecule has 0 amide bonds. The first-order valence-corrected chi connectivity index (χ1v) is 13.4. The van der Waals surface area contributed by atoms with Gasteiger partial charge >= 0.3 is 0 Å². The first-order valence-electron chi connectivity index (χ1n) is 13.4. The summed E-state index contributed by atoms with van der Waals surface area (Å²) in [5.74, 6) is -9.18. The molecule has 0 fully saturated rings. The summed E-state index contributed by atoms with van der Waals surface area (Å²) in [5, 5.41) is 0. The molecule has 0 saturated carbocycles. The van der Waals surface area contributed by atoms with E-state index in [4.69, 9.17) is 0 Å². The Balaban J connectivity index is 1.33. The van der Waals surface area contributed by atoms with E-state index in [0.29, 0.717) is 11.1 Å². The third-order valence-corrected chi connectivity index (χ3v) is 9.69. The van der Waals surface area contributed by atoms with Crippen molar-refractivity contribution in [3.8, 4) is 0 Å². The molecule has 198 valence electrons. The lowest BCUT2D eigenvalue weighted by molar-refractivity contribution is -0.120. The SMILES string of the molecule is O=C1C=CC(=O)C2=C1C1C3=C(C(=O)C=CC3=O)C2C2=C1C(=O)C1=C(C2=O)[C@@H]2C3=C(C(=O)C=CC3=O)[C@H]1c1ccccc12. The van der Waals surface area contributed by atoms with Crippen molar-refractivity contribution in [1.82, 2.24) is 0 Å². The van der Waals surface area contributed by atoms with Crippen LogP contribution in [-0.4, -0.2) is 46.3 Å². The standard InChI is InChI=1S/C34H14O8/c35-13-5-6-14(36)22-20-12-4-2-1-3-11(12)19(21(13)22)29-30(20)34(42)32-28-25-17(39)9-7-15(37)23(25)27(31(32)33(29)41)24-16(38)8-10-18(40)26(24)28/h1-10,19-20,27-28H/t19-,20+,27?,28?. The first kappa shape index (κ1) is 23.2. The van der Waals surface area contributed by atoms with E-state index in [0.717, 1.165) is 24.3 Å². The van der Waals surface area contributed by atoms with Gasteiger partial charge < -0.3 is 0 Å². The van der Waals surface area contributed by atoms with E-state index in [1.54, 1.807) is 24.3 Å². The van der Waals surface area contributed by atoms with E-state index in [-0.39, 0.29) is 55.7 Å². The number of carbonyl (C=O) groups is 8. The van der Waals surface area contributed by atoms with Gasteiger partial charge in [0.1, 0.15) is 0 Å². The van der Waals surface area contributed by atoms with Gasteiger partial charge in [-0.15, -0.1) is 0 Å². The Morgan fingerprint density at radius 3 is 0.833 bits per heavy atom. The van der Waals surface area contributed by atoms with E-state index >= 15 is 0 Å². The Labute approximate surface area is 235 Å². The van der Waals surface area contributed by atoms with Crippen LogP contribution in [0.4, 0.5) is 0 Å². The Kier molecular flexibility index (Phi) is 3.99. The van der Waals surface area contributed by atoms with Gasteiger partial charge in [-0.05, 0) is 47.6 Å². The van der Waals surface area contributed by atoms with Crippen molar-refractivity contribution in [3.63, 3.8) is 0 Å². The van der Waals surface area contributed by atoms with Gasteiger partial charge in [0.2, 0.25) is 0 Å². The van der Waals surface area contributed by atoms with Gasteiger partial charge in [0, 0.05) is 79.4 Å². The average Bonchev–Trinajstić information content (AvgIpc) is 3.00. The quantitative estimate of drug-likeness (QED) is 0.447. The average molecular weight is 550 g/mol. The monoisotopic (exact) mass is 550 g/mol. The maximum atomic E-state index is 14.7. The second kappa shape index (κ2) is 7.22. The molecule has 8 heteroatoms. The topological polar surface area (TPSA) is 137 Å². The summed E-state index contributed by atoms with van der Waals surface area (Å²) in [6.07, 6.45) is 6.61. The van der Waals surface area contributed by atoms with Crippen LogP contribution >= 0.6 is 0 Å². The number of hydrogen-bond donors (Lipinski definition) is 0. The third-order valence-electron chi connectivity index (χ3n) is 9.69. The lowest BCUT2D eigenvalue weighted by Crippen LogP contribution is -2.50. The molecule has 11 rings (SSSR count). The van der Waals surface area contributed by atoms with Gasteiger partial charge in [0.15, 0.2) is 46.3 Å². The molecule has 10 aliphatic rings. The van der Waals surface area contributed by atoms with Gasteiger partial charge in [0.25, 0.3) is 0 Å². The lowest BCUT2D eigenvalue weighted by Gasteiger charge is -2.50. The molecule has 1 aromatic rings. The first-order chi connectivity index (χ1) is 20.2. The van der Waals surface area contributed by atoms with Crippen molar-refractivity contribution >= 4 is 46.3 Å². The third kappa shape index (κ3) is 2.34. The summed E-state index contributed by atoms with van der Waals surface area (Å²) in [6, 6.07) is 7.02. The summed E-state index contributed by atoms with van der Waals surface area (Å²) in [5.41, 5.74) is 1.15. The number of Topliss-reactive ketones (excluding diaryl/α,β-unsaturated/α-hetero) is 2. The molecular formula is C34H14O8. The highest BCUT2D eigenvalue weighted by Crippen LogP contribution is 2.63. The second-order valence-corrected chi connectivity index (χ2v) is 11.3. The van der Waals surface area contributed by atoms with Crippen molar-refractivity contribution < 1.29 is 38.4 Å². The zero-order chi connectivity index (χ0) is 28.9. The molecule has 0 radical (unpaired) electrons. The van der Waals surface area contributed by atoms with E-state index < -0.39 is 69.9 Å². The minimum atomic E-state index is -1.38. The highest BCUT2D eigenvalue weighted by atomic mass is 16.2. The predicted molar refractivity (Wildman–Crippen MR) is 142 cm³/mol. The molecule has 0 spiro atoms. The van der Waals surface area contributed by atoms with Gasteiger partial charge in [-0.25, -0.2) is 0 Å². The largest absolute Gasteiger partial charge is 0.290 e. The molecule has 10 aliphatic carbocycles. The molecule has 8 nitrogen and oxygen atoms in total. The fourth-order valence-corrected chi connectivity index (χ4v) is 8.31. The number of ketones is 8. The lowest BCUT2D eigenvalue weighted by atomic mass is 9.49. The van der Waals surface area contributed by atoms with Crippen LogP contribution in [0.2, 0.25) is 0 Å². The van der Waals surface area contributed by atoms with Crippen LogP contribution in [0.3, 0.4) is 0 Å². The molecule has 4 bridgehead atoms. The number of benzene rings is 1. The Morgan fingerprint density at radius 2 is 0.548 bits per heavy atom. The zero-order valence-corrected chi connectivity index (χ0v) is 21.3. The van der Waals surface area contributed by atoms with E-state index in [2.05, 4.69) is 0 Å². The highest BCUT2D eigenvalue weighted by molar-refractivity contribution is 6.38. The van der Waals surface area contributed by atoms with Gasteiger partial charge in [-0.2, -0.15) is 0 Å². The van der Waals surface area contributed by atoms with Crippen molar-refractivity contribution in [2.24, 2.45) is 11.8 Å². The molecule has 0 heterocycles. The van der Waals surface area contributed by atoms with E-state index in [1.807, 2.05) is 0 Å². The maximum Gasteiger partial charge on any atom is 0.187 e. The highest BCUT2D eigenvalue weighted by Gasteiger charge is 2.62. The molecule has 0 saturated heterocycles. The number of hydrogen-bond acceptors (Lipinski definition) is 8. The summed E-state index contributed by atoms with van der Waals surface area (Å²) in [6.45, 7) is 0. The normalized spacial score (nSPS) is 30.0. The van der Waals surface area contributed by atoms with Crippen molar-refractivity contribution in [2.45, 2.75) is 11.8 Å². The van der Waals surface area contributed by atoms with Gasteiger partial charge in [0.05, 0.1) is 0 Å². The van der Waals surface area contributed by atoms with Crippen LogP contribution in [0, 0.1) is 11.8 Å². The molecule has 0 aromatic heterocycles. The predicted octanol–water partition coefficient (Wildman–Crippen LogP) is 1.90. The molecule has 42 heavy (non-hydrogen) atoms. The fraction of sp³-hybridized carbons (Fsp3) is 0.118. The van der Waals surface area contributed by atoms with Crippen LogP contribution in [0.5, 0.6) is 0 Å². The van der Waals surface area contributed by atoms with Crippen molar-refractivity contribution in [1.29, 1.82) is 0 Å². The van der Waals surface area contributed by atoms with Crippen LogP contribution in [-0.2, 0) is 38.4 Å². The summed E-state index contributed by atoms with van der Waals surface area (Å²) >= 11 is 0. The Morgan fingerprint density at radius 1 is 0.310 bits per heavy atom. The molecule has 0 unspecified atom stereocenters. The minimum absolute atomic E-state index is 0.0461. The Bertz CT molecular complexity index is 1930. The molecular weight excluding hydrogens is 536 g/mol. The smallest absolute Gasteiger partial charge is 0.187 e. The van der Waals surface area contributed by atoms with Crippen molar-refractivity contribution in [3.05, 3.63) is 128 Å².